The van der Waals surface area contributed by atoms with E-state index >= 15 is 0 Å². The summed E-state index contributed by atoms with van der Waals surface area (Å²) < 4.78 is 0. The molecule has 0 aliphatic heterocycles. The van der Waals surface area contributed by atoms with Gasteiger partial charge in [0.15, 0.2) is 5.11 Å². The van der Waals surface area contributed by atoms with Gasteiger partial charge >= 0.3 is 0 Å². The van der Waals surface area contributed by atoms with Gasteiger partial charge in [-0.3, -0.25) is 0 Å². The zero-order chi connectivity index (χ0) is 3.58. The first kappa shape index (κ1) is 9.34. The topological polar surface area (TPSA) is 52.0 Å². The van der Waals surface area contributed by atoms with E-state index in [-0.39, 0.29) is 42.9 Å². The number of hydrogen-bond acceptors (Lipinski definition) is 1. The molecule has 0 aliphatic carbocycles. The Kier molecular flexibility index (Phi) is 9.25. The van der Waals surface area contributed by atoms with Gasteiger partial charge in [0.05, 0.1) is 0 Å². The molecule has 0 aliphatic rings. The van der Waals surface area contributed by atoms with Crippen LogP contribution in [0.4, 0.5) is 0 Å². The minimum atomic E-state index is 0. The molecule has 0 saturated carbocycles. The van der Waals surface area contributed by atoms with Crippen molar-refractivity contribution in [3.63, 3.8) is 0 Å². The zero-order valence-corrected chi connectivity index (χ0v) is 5.79. The van der Waals surface area contributed by atoms with Crippen LogP contribution in [0.15, 0.2) is 0 Å². The molecule has 0 fully saturated rings. The van der Waals surface area contributed by atoms with E-state index in [4.69, 9.17) is 0 Å². The van der Waals surface area contributed by atoms with E-state index in [1.807, 2.05) is 0 Å². The fourth-order valence-electron chi connectivity index (χ4n) is 0. The molecule has 0 aromatic carbocycles. The number of nitrogens with two attached hydrogens (primary N) is 2. The Morgan fingerprint density at radius 1 is 1.40 bits per heavy atom. The Morgan fingerprint density at radius 3 is 1.40 bits per heavy atom. The summed E-state index contributed by atoms with van der Waals surface area (Å²) >= 11 is 4.09. The van der Waals surface area contributed by atoms with Gasteiger partial charge in [-0.15, -0.1) is 0 Å². The van der Waals surface area contributed by atoms with E-state index in [1.165, 1.54) is 0 Å². The number of hydrogen-bond donors (Lipinski definition) is 2. The SMILES string of the molecule is NC(N)=S.[Ca]. The normalized spacial score (nSPS) is 4.80. The Bertz CT molecular complexity index is 32.6. The van der Waals surface area contributed by atoms with Crippen LogP contribution in [0.25, 0.3) is 0 Å². The van der Waals surface area contributed by atoms with Crippen LogP contribution in [0.1, 0.15) is 0 Å². The summed E-state index contributed by atoms with van der Waals surface area (Å²) in [4.78, 5) is 0. The van der Waals surface area contributed by atoms with Crippen molar-refractivity contribution in [2.24, 2.45) is 11.5 Å². The summed E-state index contributed by atoms with van der Waals surface area (Å²) in [5.74, 6) is 0. The second-order valence-corrected chi connectivity index (χ2v) is 0.874. The molecule has 0 aromatic heterocycles. The Labute approximate surface area is 65.9 Å². The van der Waals surface area contributed by atoms with Crippen molar-refractivity contribution < 1.29 is 0 Å². The van der Waals surface area contributed by atoms with Gasteiger partial charge in [-0.1, -0.05) is 0 Å². The van der Waals surface area contributed by atoms with Crippen molar-refractivity contribution in [1.29, 1.82) is 0 Å². The predicted molar refractivity (Wildman–Crippen MR) is 26.7 cm³/mol. The Morgan fingerprint density at radius 2 is 1.40 bits per heavy atom. The van der Waals surface area contributed by atoms with Crippen molar-refractivity contribution in [1.82, 2.24) is 0 Å². The molecular weight excluding hydrogens is 112 g/mol. The summed E-state index contributed by atoms with van der Waals surface area (Å²) in [5, 5.41) is 0.000000000000000222. The third-order valence-electron chi connectivity index (χ3n) is 0. The summed E-state index contributed by atoms with van der Waals surface area (Å²) in [5.41, 5.74) is 9.24. The molecule has 0 bridgehead atoms. The smallest absolute Gasteiger partial charge is 0.160 e. The van der Waals surface area contributed by atoms with Crippen LogP contribution in [0.2, 0.25) is 0 Å². The maximum atomic E-state index is 4.62. The second-order valence-electron chi connectivity index (χ2n) is 0.402. The van der Waals surface area contributed by atoms with Gasteiger partial charge in [-0.25, -0.2) is 0 Å². The second kappa shape index (κ2) is 4.95. The van der Waals surface area contributed by atoms with E-state index in [0.717, 1.165) is 0 Å². The van der Waals surface area contributed by atoms with Crippen LogP contribution in [0.5, 0.6) is 0 Å². The predicted octanol–water partition coefficient (Wildman–Crippen LogP) is -1.19. The Balaban J connectivity index is 0. The third kappa shape index (κ3) is 47.7. The van der Waals surface area contributed by atoms with Crippen molar-refractivity contribution >= 4 is 55.1 Å². The summed E-state index contributed by atoms with van der Waals surface area (Å²) in [6.45, 7) is 0. The van der Waals surface area contributed by atoms with Crippen LogP contribution in [0, 0.1) is 0 Å². The van der Waals surface area contributed by atoms with E-state index in [1.54, 1.807) is 0 Å². The van der Waals surface area contributed by atoms with Crippen molar-refractivity contribution in [3.8, 4) is 0 Å². The molecule has 0 rings (SSSR count). The average molecular weight is 116 g/mol. The minimum Gasteiger partial charge on any atom is -0.377 e. The molecule has 0 unspecified atom stereocenters. The van der Waals surface area contributed by atoms with Gasteiger partial charge in [-0.2, -0.15) is 0 Å². The molecule has 0 spiro atoms. The molecular formula is CH4CaN2S. The largest absolute Gasteiger partial charge is 0.377 e. The van der Waals surface area contributed by atoms with Gasteiger partial charge in [0.1, 0.15) is 0 Å². The van der Waals surface area contributed by atoms with E-state index in [0.29, 0.717) is 0 Å². The molecule has 26 valence electrons. The van der Waals surface area contributed by atoms with E-state index in [9.17, 15) is 0 Å². The van der Waals surface area contributed by atoms with E-state index in [2.05, 4.69) is 23.7 Å². The first-order chi connectivity index (χ1) is 1.73. The van der Waals surface area contributed by atoms with Gasteiger partial charge in [-0.05, 0) is 12.2 Å². The van der Waals surface area contributed by atoms with Crippen LogP contribution < -0.4 is 11.5 Å². The number of rotatable bonds is 0. The molecule has 2 nitrogen and oxygen atoms in total. The number of thiocarbonyl (C=S) groups is 1. The van der Waals surface area contributed by atoms with Crippen molar-refractivity contribution in [2.45, 2.75) is 0 Å². The van der Waals surface area contributed by atoms with Crippen LogP contribution in [-0.4, -0.2) is 42.9 Å². The maximum absolute atomic E-state index is 4.62. The van der Waals surface area contributed by atoms with Crippen LogP contribution >= 0.6 is 12.2 Å². The first-order valence-electron chi connectivity index (χ1n) is 0.781. The molecule has 0 amide bonds. The molecule has 0 heterocycles. The van der Waals surface area contributed by atoms with Crippen LogP contribution in [-0.2, 0) is 0 Å². The van der Waals surface area contributed by atoms with E-state index < -0.39 is 0 Å². The molecule has 0 atom stereocenters. The monoisotopic (exact) mass is 116 g/mol. The van der Waals surface area contributed by atoms with Gasteiger partial charge in [0.2, 0.25) is 0 Å². The van der Waals surface area contributed by atoms with Crippen molar-refractivity contribution in [2.75, 3.05) is 0 Å². The van der Waals surface area contributed by atoms with Gasteiger partial charge in [0, 0.05) is 37.7 Å². The fraction of sp³-hybridized carbons (Fsp3) is 0. The maximum Gasteiger partial charge on any atom is 0.160 e. The molecule has 4 N–H and O–H groups in total. The first-order valence-corrected chi connectivity index (χ1v) is 1.19. The fourth-order valence-corrected chi connectivity index (χ4v) is 0. The Hall–Kier alpha value is 0.950. The molecule has 5 heavy (non-hydrogen) atoms. The molecule has 4 heteroatoms. The molecule has 0 aromatic rings. The summed E-state index contributed by atoms with van der Waals surface area (Å²) in [7, 11) is 0. The molecule has 0 saturated heterocycles. The molecule has 2 radical (unpaired) electrons. The standard InChI is InChI=1S/CH4N2S.Ca/c2-1(3)4;/h(H4,2,3,4);. The average Bonchev–Trinajstić information content (AvgIpc) is 0.811. The van der Waals surface area contributed by atoms with Crippen molar-refractivity contribution in [3.05, 3.63) is 0 Å². The van der Waals surface area contributed by atoms with Crippen LogP contribution in [0.3, 0.4) is 0 Å². The quantitative estimate of drug-likeness (QED) is 0.309. The minimum absolute atomic E-state index is 0. The third-order valence-corrected chi connectivity index (χ3v) is 0. The van der Waals surface area contributed by atoms with Gasteiger partial charge in [0.25, 0.3) is 0 Å². The summed E-state index contributed by atoms with van der Waals surface area (Å²) in [6.07, 6.45) is 0. The van der Waals surface area contributed by atoms with Gasteiger partial charge < -0.3 is 11.5 Å². The summed E-state index contributed by atoms with van der Waals surface area (Å²) in [6, 6.07) is 0. The zero-order valence-electron chi connectivity index (χ0n) is 2.77.